The molecule has 0 aliphatic carbocycles. The first-order valence-corrected chi connectivity index (χ1v) is 10.00. The molecule has 4 heterocycles. The highest BCUT2D eigenvalue weighted by Gasteiger charge is 2.41. The Hall–Kier alpha value is -2.15. The number of nitrogens with one attached hydrogen (secondary N) is 1. The van der Waals surface area contributed by atoms with Crippen LogP contribution in [0.5, 0.6) is 0 Å². The highest BCUT2D eigenvalue weighted by Crippen LogP contribution is 2.39. The number of nitrogens with zero attached hydrogens (tertiary/aromatic N) is 5. The first-order valence-electron chi connectivity index (χ1n) is 10.00. The molecule has 2 aromatic heterocycles. The van der Waals surface area contributed by atoms with E-state index >= 15 is 0 Å². The summed E-state index contributed by atoms with van der Waals surface area (Å²) in [5, 5.41) is 4.48. The van der Waals surface area contributed by atoms with Crippen LogP contribution in [0.1, 0.15) is 42.6 Å². The summed E-state index contributed by atoms with van der Waals surface area (Å²) < 4.78 is 1.90. The number of piperidine rings is 2. The second kappa shape index (κ2) is 7.46. The van der Waals surface area contributed by atoms with Crippen molar-refractivity contribution >= 4 is 5.91 Å². The molecule has 2 saturated heterocycles. The van der Waals surface area contributed by atoms with Gasteiger partial charge in [0.2, 0.25) is 5.91 Å². The van der Waals surface area contributed by atoms with Crippen molar-refractivity contribution in [1.29, 1.82) is 0 Å². The fourth-order valence-corrected chi connectivity index (χ4v) is 4.81. The molecule has 2 aromatic rings. The molecule has 1 unspecified atom stereocenters. The van der Waals surface area contributed by atoms with Crippen molar-refractivity contribution in [3.05, 3.63) is 35.7 Å². The minimum atomic E-state index is 0.246. The maximum absolute atomic E-state index is 12.5. The quantitative estimate of drug-likeness (QED) is 0.873. The first kappa shape index (κ1) is 18.2. The van der Waals surface area contributed by atoms with E-state index in [4.69, 9.17) is 0 Å². The predicted octanol–water partition coefficient (Wildman–Crippen LogP) is 1.90. The number of aromatic nitrogens is 4. The van der Waals surface area contributed by atoms with Crippen molar-refractivity contribution in [3.63, 3.8) is 0 Å². The van der Waals surface area contributed by atoms with Crippen LogP contribution in [0.2, 0.25) is 0 Å². The van der Waals surface area contributed by atoms with E-state index in [1.54, 1.807) is 6.33 Å². The smallest absolute Gasteiger partial charge is 0.222 e. The second-order valence-corrected chi connectivity index (χ2v) is 8.37. The number of rotatable bonds is 5. The molecule has 1 N–H and O–H groups in total. The molecule has 1 amide bonds. The summed E-state index contributed by atoms with van der Waals surface area (Å²) in [7, 11) is 1.98. The molecular weight excluding hydrogens is 340 g/mol. The van der Waals surface area contributed by atoms with Crippen molar-refractivity contribution in [2.45, 2.75) is 45.6 Å². The largest absolute Gasteiger partial charge is 0.348 e. The number of carbonyl (C=O) groups excluding carboxylic acids is 1. The van der Waals surface area contributed by atoms with Crippen molar-refractivity contribution in [3.8, 4) is 0 Å². The van der Waals surface area contributed by atoms with Gasteiger partial charge in [-0.1, -0.05) is 0 Å². The monoisotopic (exact) mass is 370 g/mol. The van der Waals surface area contributed by atoms with Gasteiger partial charge in [0, 0.05) is 75.1 Å². The van der Waals surface area contributed by atoms with Gasteiger partial charge in [-0.2, -0.15) is 5.10 Å². The first-order chi connectivity index (χ1) is 13.0. The zero-order chi connectivity index (χ0) is 18.9. The Labute approximate surface area is 160 Å². The minimum Gasteiger partial charge on any atom is -0.348 e. The summed E-state index contributed by atoms with van der Waals surface area (Å²) in [4.78, 5) is 24.3. The topological polar surface area (TPSA) is 70.1 Å². The number of hydrogen-bond acceptors (Lipinski definition) is 4. The maximum atomic E-state index is 12.5. The molecule has 2 aliphatic rings. The molecule has 146 valence electrons. The van der Waals surface area contributed by atoms with Gasteiger partial charge in [0.05, 0.1) is 12.0 Å². The zero-order valence-corrected chi connectivity index (χ0v) is 16.4. The predicted molar refractivity (Wildman–Crippen MR) is 103 cm³/mol. The second-order valence-electron chi connectivity index (χ2n) is 8.37. The molecule has 2 aliphatic heterocycles. The number of imidazole rings is 1. The van der Waals surface area contributed by atoms with E-state index in [-0.39, 0.29) is 5.41 Å². The van der Waals surface area contributed by atoms with Crippen LogP contribution in [0.15, 0.2) is 18.7 Å². The lowest BCUT2D eigenvalue weighted by atomic mass is 9.73. The van der Waals surface area contributed by atoms with E-state index in [9.17, 15) is 4.79 Å². The van der Waals surface area contributed by atoms with Crippen molar-refractivity contribution in [1.82, 2.24) is 29.5 Å². The summed E-state index contributed by atoms with van der Waals surface area (Å²) in [5.41, 5.74) is 3.78. The van der Waals surface area contributed by atoms with Gasteiger partial charge in [-0.3, -0.25) is 14.4 Å². The molecular formula is C20H30N6O. The molecule has 0 radical (unpaired) electrons. The van der Waals surface area contributed by atoms with E-state index in [0.29, 0.717) is 12.3 Å². The third-order valence-corrected chi connectivity index (χ3v) is 6.20. The van der Waals surface area contributed by atoms with E-state index in [0.717, 1.165) is 57.0 Å². The maximum Gasteiger partial charge on any atom is 0.222 e. The molecule has 0 saturated carbocycles. The summed E-state index contributed by atoms with van der Waals surface area (Å²) in [6.07, 6.45) is 10.7. The summed E-state index contributed by atoms with van der Waals surface area (Å²) >= 11 is 0. The molecule has 7 heteroatoms. The minimum absolute atomic E-state index is 0.246. The molecule has 2 fully saturated rings. The average molecular weight is 371 g/mol. The molecule has 4 rings (SSSR count). The van der Waals surface area contributed by atoms with Crippen LogP contribution >= 0.6 is 0 Å². The normalized spacial score (nSPS) is 24.1. The lowest BCUT2D eigenvalue weighted by molar-refractivity contribution is -0.139. The van der Waals surface area contributed by atoms with Gasteiger partial charge in [-0.05, 0) is 32.7 Å². The van der Waals surface area contributed by atoms with E-state index in [1.807, 2.05) is 17.9 Å². The molecule has 0 aromatic carbocycles. The van der Waals surface area contributed by atoms with Crippen LogP contribution in [0.4, 0.5) is 0 Å². The summed E-state index contributed by atoms with van der Waals surface area (Å²) in [5.74, 6) is 0.306. The Balaban J connectivity index is 1.40. The number of amides is 1. The summed E-state index contributed by atoms with van der Waals surface area (Å²) in [6, 6.07) is 0. The van der Waals surface area contributed by atoms with E-state index < -0.39 is 0 Å². The SMILES string of the molecule is Cc1nn(C)cc1CN1CCCC2(CCC(=O)N(CCc3cnc[nH]3)C2)C1. The third kappa shape index (κ3) is 4.08. The number of aryl methyl sites for hydroxylation is 2. The van der Waals surface area contributed by atoms with Gasteiger partial charge < -0.3 is 9.88 Å². The summed E-state index contributed by atoms with van der Waals surface area (Å²) in [6.45, 7) is 6.94. The van der Waals surface area contributed by atoms with Crippen LogP contribution in [0.3, 0.4) is 0 Å². The number of hydrogen-bond donors (Lipinski definition) is 1. The van der Waals surface area contributed by atoms with Gasteiger partial charge in [0.15, 0.2) is 0 Å². The van der Waals surface area contributed by atoms with Crippen molar-refractivity contribution < 1.29 is 4.79 Å². The van der Waals surface area contributed by atoms with Gasteiger partial charge >= 0.3 is 0 Å². The van der Waals surface area contributed by atoms with Crippen LogP contribution < -0.4 is 0 Å². The highest BCUT2D eigenvalue weighted by molar-refractivity contribution is 5.77. The van der Waals surface area contributed by atoms with Crippen LogP contribution in [0.25, 0.3) is 0 Å². The molecule has 27 heavy (non-hydrogen) atoms. The van der Waals surface area contributed by atoms with Crippen molar-refractivity contribution in [2.75, 3.05) is 26.2 Å². The van der Waals surface area contributed by atoms with Crippen molar-refractivity contribution in [2.24, 2.45) is 12.5 Å². The fraction of sp³-hybridized carbons (Fsp3) is 0.650. The Morgan fingerprint density at radius 3 is 2.93 bits per heavy atom. The number of carbonyl (C=O) groups is 1. The molecule has 7 nitrogen and oxygen atoms in total. The molecule has 0 bridgehead atoms. The Morgan fingerprint density at radius 2 is 2.19 bits per heavy atom. The fourth-order valence-electron chi connectivity index (χ4n) is 4.81. The standard InChI is InChI=1S/C20H30N6O/c1-16-17(11-24(2)23-16)12-25-8-3-6-20(13-25)7-4-19(27)26(14-20)9-5-18-10-21-15-22-18/h10-11,15H,3-9,12-14H2,1-2H3,(H,21,22). The Morgan fingerprint density at radius 1 is 1.30 bits per heavy atom. The van der Waals surface area contributed by atoms with Crippen LogP contribution in [0, 0.1) is 12.3 Å². The Bertz CT molecular complexity index is 783. The van der Waals surface area contributed by atoms with E-state index in [1.165, 1.54) is 18.4 Å². The molecule has 1 atom stereocenters. The number of likely N-dealkylation sites (tertiary alicyclic amines) is 2. The average Bonchev–Trinajstić information content (AvgIpc) is 3.26. The Kier molecular flexibility index (Phi) is 5.04. The van der Waals surface area contributed by atoms with Crippen LogP contribution in [-0.4, -0.2) is 61.6 Å². The highest BCUT2D eigenvalue weighted by atomic mass is 16.2. The van der Waals surface area contributed by atoms with E-state index in [2.05, 4.69) is 38.0 Å². The molecule has 1 spiro atoms. The number of H-pyrrole nitrogens is 1. The van der Waals surface area contributed by atoms with Gasteiger partial charge in [-0.25, -0.2) is 4.98 Å². The van der Waals surface area contributed by atoms with Crippen LogP contribution in [-0.2, 0) is 24.8 Å². The van der Waals surface area contributed by atoms with Gasteiger partial charge in [0.25, 0.3) is 0 Å². The number of aromatic amines is 1. The third-order valence-electron chi connectivity index (χ3n) is 6.20. The lowest BCUT2D eigenvalue weighted by Gasteiger charge is -2.48. The van der Waals surface area contributed by atoms with Gasteiger partial charge in [-0.15, -0.1) is 0 Å². The zero-order valence-electron chi connectivity index (χ0n) is 16.4. The van der Waals surface area contributed by atoms with Gasteiger partial charge in [0.1, 0.15) is 0 Å². The lowest BCUT2D eigenvalue weighted by Crippen LogP contribution is -2.54.